The molecule has 0 saturated heterocycles. The lowest BCUT2D eigenvalue weighted by Crippen LogP contribution is -2.32. The molecule has 0 aliphatic rings. The number of benzene rings is 1. The zero-order valence-corrected chi connectivity index (χ0v) is 10.8. The summed E-state index contributed by atoms with van der Waals surface area (Å²) in [6.45, 7) is 3.98. The molecule has 0 spiro atoms. The van der Waals surface area contributed by atoms with Crippen LogP contribution in [0.1, 0.15) is 25.3 Å². The van der Waals surface area contributed by atoms with Crippen molar-refractivity contribution in [2.45, 2.75) is 32.2 Å². The monoisotopic (exact) mass is 237 g/mol. The Morgan fingerprint density at radius 3 is 2.59 bits per heavy atom. The lowest BCUT2D eigenvalue weighted by Gasteiger charge is -2.18. The maximum atomic E-state index is 9.24. The van der Waals surface area contributed by atoms with Gasteiger partial charge in [0.15, 0.2) is 0 Å². The molecule has 17 heavy (non-hydrogen) atoms. The summed E-state index contributed by atoms with van der Waals surface area (Å²) in [6.07, 6.45) is 3.13. The topological polar surface area (TPSA) is 41.5 Å². The van der Waals surface area contributed by atoms with Gasteiger partial charge in [0.2, 0.25) is 0 Å². The van der Waals surface area contributed by atoms with Crippen LogP contribution in [0, 0.1) is 0 Å². The lowest BCUT2D eigenvalue weighted by molar-refractivity contribution is 0.182. The fourth-order valence-electron chi connectivity index (χ4n) is 1.80. The second kappa shape index (κ2) is 8.09. The van der Waals surface area contributed by atoms with Crippen molar-refractivity contribution in [3.63, 3.8) is 0 Å². The molecule has 0 aromatic heterocycles. The average molecular weight is 237 g/mol. The Labute approximate surface area is 104 Å². The first-order valence-corrected chi connectivity index (χ1v) is 6.26. The van der Waals surface area contributed by atoms with Gasteiger partial charge >= 0.3 is 0 Å². The van der Waals surface area contributed by atoms with E-state index in [-0.39, 0.29) is 0 Å². The highest BCUT2D eigenvalue weighted by Crippen LogP contribution is 2.12. The van der Waals surface area contributed by atoms with E-state index >= 15 is 0 Å². The Balaban J connectivity index is 2.48. The van der Waals surface area contributed by atoms with E-state index in [1.807, 2.05) is 12.1 Å². The normalized spacial score (nSPS) is 12.6. The van der Waals surface area contributed by atoms with E-state index in [1.165, 1.54) is 5.56 Å². The van der Waals surface area contributed by atoms with Crippen molar-refractivity contribution >= 4 is 0 Å². The van der Waals surface area contributed by atoms with Crippen molar-refractivity contribution in [2.75, 3.05) is 20.3 Å². The number of rotatable bonds is 8. The highest BCUT2D eigenvalue weighted by atomic mass is 16.5. The first-order valence-electron chi connectivity index (χ1n) is 6.26. The molecule has 3 heteroatoms. The van der Waals surface area contributed by atoms with Crippen LogP contribution in [-0.2, 0) is 11.2 Å². The van der Waals surface area contributed by atoms with Gasteiger partial charge in [0.05, 0.1) is 0 Å². The van der Waals surface area contributed by atoms with Gasteiger partial charge in [0, 0.05) is 19.8 Å². The minimum atomic E-state index is 0.323. The molecule has 1 atom stereocenters. The van der Waals surface area contributed by atoms with Crippen molar-refractivity contribution in [3.05, 3.63) is 29.8 Å². The van der Waals surface area contributed by atoms with Crippen LogP contribution in [-0.4, -0.2) is 31.4 Å². The van der Waals surface area contributed by atoms with Crippen molar-refractivity contribution in [3.8, 4) is 5.75 Å². The molecule has 1 unspecified atom stereocenters. The van der Waals surface area contributed by atoms with E-state index in [1.54, 1.807) is 19.2 Å². The standard InChI is InChI=1S/C14H23NO2/c1-3-9-15-13(8-10-17-2)11-12-4-6-14(16)7-5-12/h4-7,13,15-16H,3,8-11H2,1-2H3. The van der Waals surface area contributed by atoms with Gasteiger partial charge in [-0.05, 0) is 43.5 Å². The van der Waals surface area contributed by atoms with Crippen LogP contribution in [0.15, 0.2) is 24.3 Å². The number of methoxy groups -OCH3 is 1. The molecule has 1 rings (SSSR count). The molecule has 96 valence electrons. The van der Waals surface area contributed by atoms with Crippen molar-refractivity contribution in [1.29, 1.82) is 0 Å². The van der Waals surface area contributed by atoms with Crippen LogP contribution >= 0.6 is 0 Å². The average Bonchev–Trinajstić information content (AvgIpc) is 2.35. The number of aromatic hydroxyl groups is 1. The SMILES string of the molecule is CCCNC(CCOC)Cc1ccc(O)cc1. The number of nitrogens with one attached hydrogen (secondary N) is 1. The number of phenolic OH excluding ortho intramolecular Hbond substituents is 1. The summed E-state index contributed by atoms with van der Waals surface area (Å²) < 4.78 is 5.13. The van der Waals surface area contributed by atoms with Crippen molar-refractivity contribution < 1.29 is 9.84 Å². The molecule has 0 saturated carbocycles. The zero-order valence-electron chi connectivity index (χ0n) is 10.8. The fourth-order valence-corrected chi connectivity index (χ4v) is 1.80. The second-order valence-electron chi connectivity index (χ2n) is 4.30. The molecule has 0 amide bonds. The number of hydrogen-bond acceptors (Lipinski definition) is 3. The molecule has 3 nitrogen and oxygen atoms in total. The third kappa shape index (κ3) is 5.71. The molecule has 0 heterocycles. The quantitative estimate of drug-likeness (QED) is 0.729. The zero-order chi connectivity index (χ0) is 12.5. The van der Waals surface area contributed by atoms with Gasteiger partial charge in [0.25, 0.3) is 0 Å². The van der Waals surface area contributed by atoms with Crippen LogP contribution < -0.4 is 5.32 Å². The van der Waals surface area contributed by atoms with E-state index in [0.717, 1.165) is 32.4 Å². The summed E-state index contributed by atoms with van der Waals surface area (Å²) in [5, 5.41) is 12.8. The van der Waals surface area contributed by atoms with Crippen LogP contribution in [0.5, 0.6) is 5.75 Å². The molecule has 2 N–H and O–H groups in total. The predicted octanol–water partition coefficient (Wildman–Crippen LogP) is 2.34. The van der Waals surface area contributed by atoms with Gasteiger partial charge in [-0.1, -0.05) is 19.1 Å². The predicted molar refractivity (Wildman–Crippen MR) is 70.4 cm³/mol. The summed E-state index contributed by atoms with van der Waals surface area (Å²) in [5.74, 6) is 0.323. The van der Waals surface area contributed by atoms with Crippen LogP contribution in [0.2, 0.25) is 0 Å². The van der Waals surface area contributed by atoms with Gasteiger partial charge in [-0.15, -0.1) is 0 Å². The largest absolute Gasteiger partial charge is 0.508 e. The van der Waals surface area contributed by atoms with Crippen LogP contribution in [0.3, 0.4) is 0 Å². The van der Waals surface area contributed by atoms with E-state index in [4.69, 9.17) is 4.74 Å². The van der Waals surface area contributed by atoms with Gasteiger partial charge < -0.3 is 15.2 Å². The molecule has 0 aliphatic carbocycles. The number of hydrogen-bond donors (Lipinski definition) is 2. The molecule has 1 aromatic carbocycles. The molecule has 0 bridgehead atoms. The number of phenols is 1. The van der Waals surface area contributed by atoms with E-state index < -0.39 is 0 Å². The molecular formula is C14H23NO2. The first-order chi connectivity index (χ1) is 8.26. The first kappa shape index (κ1) is 14.0. The summed E-state index contributed by atoms with van der Waals surface area (Å²) in [7, 11) is 1.73. The maximum Gasteiger partial charge on any atom is 0.115 e. The molecule has 0 radical (unpaired) electrons. The molecule has 0 fully saturated rings. The third-order valence-electron chi connectivity index (χ3n) is 2.77. The van der Waals surface area contributed by atoms with Crippen molar-refractivity contribution in [1.82, 2.24) is 5.32 Å². The Morgan fingerprint density at radius 2 is 2.00 bits per heavy atom. The summed E-state index contributed by atoms with van der Waals surface area (Å²) in [5.41, 5.74) is 1.24. The van der Waals surface area contributed by atoms with Crippen molar-refractivity contribution in [2.24, 2.45) is 0 Å². The Hall–Kier alpha value is -1.06. The van der Waals surface area contributed by atoms with E-state index in [0.29, 0.717) is 11.8 Å². The van der Waals surface area contributed by atoms with Crippen LogP contribution in [0.4, 0.5) is 0 Å². The third-order valence-corrected chi connectivity index (χ3v) is 2.77. The Morgan fingerprint density at radius 1 is 1.29 bits per heavy atom. The minimum Gasteiger partial charge on any atom is -0.508 e. The number of ether oxygens (including phenoxy) is 1. The lowest BCUT2D eigenvalue weighted by atomic mass is 10.0. The Bertz CT molecular complexity index is 290. The van der Waals surface area contributed by atoms with E-state index in [9.17, 15) is 5.11 Å². The van der Waals surface area contributed by atoms with Gasteiger partial charge in [-0.2, -0.15) is 0 Å². The van der Waals surface area contributed by atoms with Gasteiger partial charge in [0.1, 0.15) is 5.75 Å². The van der Waals surface area contributed by atoms with Gasteiger partial charge in [-0.3, -0.25) is 0 Å². The molecule has 0 aliphatic heterocycles. The van der Waals surface area contributed by atoms with E-state index in [2.05, 4.69) is 12.2 Å². The molecular weight excluding hydrogens is 214 g/mol. The highest BCUT2D eigenvalue weighted by molar-refractivity contribution is 5.26. The minimum absolute atomic E-state index is 0.323. The highest BCUT2D eigenvalue weighted by Gasteiger charge is 2.08. The smallest absolute Gasteiger partial charge is 0.115 e. The summed E-state index contributed by atoms with van der Waals surface area (Å²) in [4.78, 5) is 0. The second-order valence-corrected chi connectivity index (χ2v) is 4.30. The maximum absolute atomic E-state index is 9.24. The summed E-state index contributed by atoms with van der Waals surface area (Å²) in [6, 6.07) is 7.87. The molecule has 1 aromatic rings. The summed E-state index contributed by atoms with van der Waals surface area (Å²) >= 11 is 0. The fraction of sp³-hybridized carbons (Fsp3) is 0.571. The van der Waals surface area contributed by atoms with Crippen LogP contribution in [0.25, 0.3) is 0 Å². The van der Waals surface area contributed by atoms with Gasteiger partial charge in [-0.25, -0.2) is 0 Å². The Kier molecular flexibility index (Phi) is 6.67.